The van der Waals surface area contributed by atoms with Gasteiger partial charge in [-0.25, -0.2) is 13.8 Å². The first-order valence-electron chi connectivity index (χ1n) is 9.16. The number of rotatable bonds is 6. The fourth-order valence-electron chi connectivity index (χ4n) is 2.83. The van der Waals surface area contributed by atoms with Gasteiger partial charge < -0.3 is 4.90 Å². The molecule has 0 atom stereocenters. The minimum Gasteiger partial charge on any atom is -0.309 e. The van der Waals surface area contributed by atoms with E-state index in [-0.39, 0.29) is 23.3 Å². The molecule has 0 saturated heterocycles. The Kier molecular flexibility index (Phi) is 6.68. The number of carbonyl (C=O) groups excluding carboxylic acids is 2. The Morgan fingerprint density at radius 2 is 1.80 bits per heavy atom. The van der Waals surface area contributed by atoms with E-state index in [1.807, 2.05) is 6.92 Å². The predicted octanol–water partition coefficient (Wildman–Crippen LogP) is 5.17. The Morgan fingerprint density at radius 1 is 1.10 bits per heavy atom. The molecule has 0 bridgehead atoms. The number of likely N-dealkylation sites (N-methyl/N-ethyl adjacent to an activating group) is 1. The van der Waals surface area contributed by atoms with Crippen LogP contribution < -0.4 is 9.80 Å². The van der Waals surface area contributed by atoms with Gasteiger partial charge in [-0.15, -0.1) is 11.3 Å². The maximum atomic E-state index is 14.2. The van der Waals surface area contributed by atoms with Crippen LogP contribution >= 0.6 is 11.3 Å². The highest BCUT2D eigenvalue weighted by molar-refractivity contribution is 7.14. The lowest BCUT2D eigenvalue weighted by Gasteiger charge is -2.19. The van der Waals surface area contributed by atoms with Crippen LogP contribution in [0.4, 0.5) is 25.3 Å². The highest BCUT2D eigenvalue weighted by atomic mass is 32.1. The summed E-state index contributed by atoms with van der Waals surface area (Å²) >= 11 is 1.16. The Hall–Kier alpha value is -3.39. The molecule has 0 saturated carbocycles. The number of hydrogen-bond acceptors (Lipinski definition) is 4. The van der Waals surface area contributed by atoms with Crippen LogP contribution in [-0.4, -0.2) is 23.3 Å². The molecule has 3 aromatic rings. The lowest BCUT2D eigenvalue weighted by Crippen LogP contribution is -2.28. The largest absolute Gasteiger partial charge is 0.309 e. The first kappa shape index (κ1) is 21.3. The van der Waals surface area contributed by atoms with E-state index in [0.717, 1.165) is 11.3 Å². The van der Waals surface area contributed by atoms with E-state index in [1.54, 1.807) is 17.5 Å². The molecule has 1 aromatic heterocycles. The second-order valence-electron chi connectivity index (χ2n) is 6.25. The highest BCUT2D eigenvalue weighted by Crippen LogP contribution is 2.31. The molecule has 0 spiro atoms. The van der Waals surface area contributed by atoms with Crippen molar-refractivity contribution in [3.63, 3.8) is 0 Å². The van der Waals surface area contributed by atoms with Crippen molar-refractivity contribution in [1.29, 1.82) is 0 Å². The monoisotopic (exact) mass is 427 g/mol. The summed E-state index contributed by atoms with van der Waals surface area (Å²) in [7, 11) is 0. The minimum absolute atomic E-state index is 0.111. The van der Waals surface area contributed by atoms with Gasteiger partial charge in [-0.1, -0.05) is 12.1 Å². The zero-order valence-corrected chi connectivity index (χ0v) is 17.2. The number of aromatic nitrogens is 1. The van der Waals surface area contributed by atoms with Crippen molar-refractivity contribution in [1.82, 2.24) is 4.98 Å². The van der Waals surface area contributed by atoms with Gasteiger partial charge in [-0.05, 0) is 49.4 Å². The third-order valence-electron chi connectivity index (χ3n) is 4.23. The summed E-state index contributed by atoms with van der Waals surface area (Å²) in [6, 6.07) is 11.6. The van der Waals surface area contributed by atoms with E-state index >= 15 is 0 Å². The third kappa shape index (κ3) is 4.77. The number of carbonyl (C=O) groups is 2. The van der Waals surface area contributed by atoms with Crippen LogP contribution in [0.15, 0.2) is 60.0 Å². The molecule has 30 heavy (non-hydrogen) atoms. The number of para-hydroxylation sites is 1. The Morgan fingerprint density at radius 3 is 2.43 bits per heavy atom. The number of hydrogen-bond donors (Lipinski definition) is 0. The van der Waals surface area contributed by atoms with Crippen LogP contribution in [0.3, 0.4) is 0 Å². The number of anilines is 3. The maximum Gasteiger partial charge on any atom is 0.251 e. The minimum atomic E-state index is -0.534. The van der Waals surface area contributed by atoms with Crippen molar-refractivity contribution in [3.05, 3.63) is 77.3 Å². The average Bonchev–Trinajstić information content (AvgIpc) is 3.18. The summed E-state index contributed by atoms with van der Waals surface area (Å²) in [6.45, 7) is 3.55. The lowest BCUT2D eigenvalue weighted by atomic mass is 10.2. The first-order valence-corrected chi connectivity index (χ1v) is 10.0. The smallest absolute Gasteiger partial charge is 0.251 e. The quantitative estimate of drug-likeness (QED) is 0.510. The van der Waals surface area contributed by atoms with Crippen LogP contribution in [-0.2, 0) is 9.59 Å². The number of nitrogens with zero attached hydrogens (tertiary/aromatic N) is 3. The Bertz CT molecular complexity index is 1080. The van der Waals surface area contributed by atoms with E-state index in [9.17, 15) is 18.4 Å². The second-order valence-corrected chi connectivity index (χ2v) is 7.09. The topological polar surface area (TPSA) is 53.5 Å². The SMILES string of the molecule is CCN(C(=O)/C=C\c1csc(N(C(C)=O)c2ccccc2F)n1)c1ccc(F)cc1. The number of halogens is 2. The van der Waals surface area contributed by atoms with E-state index in [0.29, 0.717) is 23.1 Å². The van der Waals surface area contributed by atoms with Crippen LogP contribution in [0.5, 0.6) is 0 Å². The Balaban J connectivity index is 1.80. The van der Waals surface area contributed by atoms with Gasteiger partial charge in [-0.3, -0.25) is 14.5 Å². The zero-order valence-electron chi connectivity index (χ0n) is 16.4. The molecule has 2 aromatic carbocycles. The average molecular weight is 427 g/mol. The van der Waals surface area contributed by atoms with Crippen molar-refractivity contribution in [2.24, 2.45) is 0 Å². The normalized spacial score (nSPS) is 10.9. The summed E-state index contributed by atoms with van der Waals surface area (Å²) in [5.74, 6) is -1.59. The maximum absolute atomic E-state index is 14.2. The van der Waals surface area contributed by atoms with Gasteiger partial charge >= 0.3 is 0 Å². The molecule has 3 rings (SSSR count). The van der Waals surface area contributed by atoms with Crippen LogP contribution in [0.1, 0.15) is 19.5 Å². The second kappa shape index (κ2) is 9.41. The lowest BCUT2D eigenvalue weighted by molar-refractivity contribution is -0.116. The summed E-state index contributed by atoms with van der Waals surface area (Å²) in [4.78, 5) is 31.7. The molecule has 0 unspecified atom stereocenters. The molecule has 8 heteroatoms. The third-order valence-corrected chi connectivity index (χ3v) is 5.07. The summed E-state index contributed by atoms with van der Waals surface area (Å²) < 4.78 is 27.3. The molecule has 0 fully saturated rings. The van der Waals surface area contributed by atoms with Crippen LogP contribution in [0, 0.1) is 11.6 Å². The van der Waals surface area contributed by atoms with Crippen LogP contribution in [0.25, 0.3) is 6.08 Å². The van der Waals surface area contributed by atoms with Crippen molar-refractivity contribution >= 4 is 45.7 Å². The molecule has 2 amide bonds. The number of benzene rings is 2. The van der Waals surface area contributed by atoms with Crippen molar-refractivity contribution in [3.8, 4) is 0 Å². The Labute approximate surface area is 176 Å². The van der Waals surface area contributed by atoms with Gasteiger partial charge in [0.1, 0.15) is 11.6 Å². The molecular weight excluding hydrogens is 408 g/mol. The first-order chi connectivity index (χ1) is 14.4. The van der Waals surface area contributed by atoms with Crippen molar-refractivity contribution in [2.75, 3.05) is 16.3 Å². The van der Waals surface area contributed by atoms with Gasteiger partial charge in [-0.2, -0.15) is 0 Å². The fraction of sp³-hybridized carbons (Fsp3) is 0.136. The van der Waals surface area contributed by atoms with Gasteiger partial charge in [0, 0.05) is 30.6 Å². The molecule has 0 radical (unpaired) electrons. The zero-order chi connectivity index (χ0) is 21.7. The summed E-state index contributed by atoms with van der Waals surface area (Å²) in [5, 5.41) is 1.97. The summed E-state index contributed by atoms with van der Waals surface area (Å²) in [5.41, 5.74) is 1.15. The van der Waals surface area contributed by atoms with Gasteiger partial charge in [0.05, 0.1) is 11.4 Å². The number of thiazole rings is 1. The van der Waals surface area contributed by atoms with E-state index in [2.05, 4.69) is 4.98 Å². The fourth-order valence-corrected chi connectivity index (χ4v) is 3.68. The van der Waals surface area contributed by atoms with Crippen molar-refractivity contribution < 1.29 is 18.4 Å². The van der Waals surface area contributed by atoms with E-state index in [1.165, 1.54) is 65.3 Å². The molecule has 154 valence electrons. The summed E-state index contributed by atoms with van der Waals surface area (Å²) in [6.07, 6.45) is 2.88. The van der Waals surface area contributed by atoms with Gasteiger partial charge in [0.15, 0.2) is 5.13 Å². The number of amides is 2. The standard InChI is InChI=1S/C22H19F2N3O2S/c1-3-26(18-11-8-16(23)9-12-18)21(29)13-10-17-14-30-22(25-17)27(15(2)28)20-7-5-4-6-19(20)24/h4-14H,3H2,1-2H3/b13-10-. The van der Waals surface area contributed by atoms with Crippen LogP contribution in [0.2, 0.25) is 0 Å². The molecule has 5 nitrogen and oxygen atoms in total. The molecule has 0 aliphatic rings. The molecule has 0 aliphatic carbocycles. The highest BCUT2D eigenvalue weighted by Gasteiger charge is 2.20. The molecule has 0 N–H and O–H groups in total. The molecule has 1 heterocycles. The van der Waals surface area contributed by atoms with Gasteiger partial charge in [0.2, 0.25) is 5.91 Å². The van der Waals surface area contributed by atoms with Crippen molar-refractivity contribution in [2.45, 2.75) is 13.8 Å². The van der Waals surface area contributed by atoms with Gasteiger partial charge in [0.25, 0.3) is 5.91 Å². The molecular formula is C22H19F2N3O2S. The van der Waals surface area contributed by atoms with E-state index in [4.69, 9.17) is 0 Å². The molecule has 0 aliphatic heterocycles. The van der Waals surface area contributed by atoms with E-state index < -0.39 is 5.82 Å². The predicted molar refractivity (Wildman–Crippen MR) is 115 cm³/mol.